The number of nitrogens with zero attached hydrogens (tertiary/aromatic N) is 2. The Hall–Kier alpha value is -3.60. The predicted octanol–water partition coefficient (Wildman–Crippen LogP) is 5.95. The maximum Gasteiger partial charge on any atom is 0.335 e. The topological polar surface area (TPSA) is 64.4 Å². The van der Waals surface area contributed by atoms with Crippen molar-refractivity contribution in [3.05, 3.63) is 95.4 Å². The number of carboxylic acid groups (broad SMARTS) is 1. The number of pyridine rings is 1. The van der Waals surface area contributed by atoms with E-state index in [4.69, 9.17) is 9.84 Å². The molecule has 0 saturated carbocycles. The molecule has 164 valence electrons. The molecule has 4 rings (SSSR count). The van der Waals surface area contributed by atoms with Crippen molar-refractivity contribution in [2.24, 2.45) is 5.41 Å². The monoisotopic (exact) mass is 428 g/mol. The molecule has 0 fully saturated rings. The summed E-state index contributed by atoms with van der Waals surface area (Å²) in [6.07, 6.45) is 2.70. The molecule has 4 aromatic rings. The van der Waals surface area contributed by atoms with E-state index >= 15 is 0 Å². The Kier molecular flexibility index (Phi) is 5.99. The van der Waals surface area contributed by atoms with Crippen molar-refractivity contribution in [2.45, 2.75) is 40.3 Å². The Morgan fingerprint density at radius 2 is 1.81 bits per heavy atom. The van der Waals surface area contributed by atoms with Crippen LogP contribution in [0.3, 0.4) is 0 Å². The average Bonchev–Trinajstić information content (AvgIpc) is 3.08. The molecule has 2 aromatic carbocycles. The average molecular weight is 429 g/mol. The van der Waals surface area contributed by atoms with Gasteiger partial charge < -0.3 is 14.4 Å². The fraction of sp³-hybridized carbons (Fsp3) is 0.259. The standard InChI is InChI=1S/C27H28N2O3/c1-27(2,3)16-23-14-21-15-24(32-18-22-6-4-5-13-28-22)11-12-25(21)29(23)17-19-7-9-20(10-8-19)26(30)31/h4-15H,16-18H2,1-3H3,(H,30,31). The first-order valence-electron chi connectivity index (χ1n) is 10.8. The Balaban J connectivity index is 1.64. The SMILES string of the molecule is CC(C)(C)Cc1cc2cc(OCc3ccccn3)ccc2n1Cc1ccc(C(=O)O)cc1. The molecule has 0 aliphatic carbocycles. The summed E-state index contributed by atoms with van der Waals surface area (Å²) in [6.45, 7) is 7.81. The lowest BCUT2D eigenvalue weighted by Crippen LogP contribution is -2.14. The van der Waals surface area contributed by atoms with Crippen LogP contribution in [0, 0.1) is 5.41 Å². The fourth-order valence-corrected chi connectivity index (χ4v) is 3.85. The number of hydrogen-bond acceptors (Lipinski definition) is 3. The summed E-state index contributed by atoms with van der Waals surface area (Å²) in [6, 6.07) is 21.3. The van der Waals surface area contributed by atoms with Gasteiger partial charge in [-0.1, -0.05) is 39.0 Å². The van der Waals surface area contributed by atoms with E-state index in [2.05, 4.69) is 48.5 Å². The number of benzene rings is 2. The molecule has 0 unspecified atom stereocenters. The van der Waals surface area contributed by atoms with Gasteiger partial charge in [0.1, 0.15) is 12.4 Å². The molecule has 32 heavy (non-hydrogen) atoms. The minimum atomic E-state index is -0.908. The quantitative estimate of drug-likeness (QED) is 0.395. The lowest BCUT2D eigenvalue weighted by atomic mass is 9.90. The van der Waals surface area contributed by atoms with Gasteiger partial charge >= 0.3 is 5.97 Å². The van der Waals surface area contributed by atoms with Crippen LogP contribution in [0.2, 0.25) is 0 Å². The molecule has 2 heterocycles. The summed E-state index contributed by atoms with van der Waals surface area (Å²) in [5.41, 5.74) is 4.78. The van der Waals surface area contributed by atoms with E-state index in [1.54, 1.807) is 18.3 Å². The second-order valence-electron chi connectivity index (χ2n) is 9.29. The Morgan fingerprint density at radius 1 is 1.03 bits per heavy atom. The third-order valence-corrected chi connectivity index (χ3v) is 5.32. The third-order valence-electron chi connectivity index (χ3n) is 5.32. The summed E-state index contributed by atoms with van der Waals surface area (Å²) in [5.74, 6) is -0.0944. The lowest BCUT2D eigenvalue weighted by Gasteiger charge is -2.20. The van der Waals surface area contributed by atoms with Gasteiger partial charge in [0.05, 0.1) is 11.3 Å². The van der Waals surface area contributed by atoms with Crippen molar-refractivity contribution in [1.29, 1.82) is 0 Å². The lowest BCUT2D eigenvalue weighted by molar-refractivity contribution is 0.0697. The molecule has 5 heteroatoms. The van der Waals surface area contributed by atoms with Gasteiger partial charge in [-0.25, -0.2) is 4.79 Å². The second kappa shape index (κ2) is 8.87. The molecular weight excluding hydrogens is 400 g/mol. The van der Waals surface area contributed by atoms with E-state index < -0.39 is 5.97 Å². The van der Waals surface area contributed by atoms with E-state index in [1.807, 2.05) is 36.4 Å². The fourth-order valence-electron chi connectivity index (χ4n) is 3.85. The second-order valence-corrected chi connectivity index (χ2v) is 9.29. The van der Waals surface area contributed by atoms with E-state index in [0.29, 0.717) is 18.7 Å². The van der Waals surface area contributed by atoms with Crippen LogP contribution in [0.4, 0.5) is 0 Å². The molecule has 0 radical (unpaired) electrons. The highest BCUT2D eigenvalue weighted by Crippen LogP contribution is 2.30. The van der Waals surface area contributed by atoms with Gasteiger partial charge in [0.25, 0.3) is 0 Å². The number of aromatic carboxylic acids is 1. The zero-order chi connectivity index (χ0) is 22.7. The van der Waals surface area contributed by atoms with E-state index in [0.717, 1.165) is 34.3 Å². The number of fused-ring (bicyclic) bond motifs is 1. The van der Waals surface area contributed by atoms with Crippen LogP contribution in [-0.4, -0.2) is 20.6 Å². The van der Waals surface area contributed by atoms with Crippen LogP contribution in [0.15, 0.2) is 72.9 Å². The van der Waals surface area contributed by atoms with Crippen molar-refractivity contribution in [1.82, 2.24) is 9.55 Å². The van der Waals surface area contributed by atoms with Crippen molar-refractivity contribution in [2.75, 3.05) is 0 Å². The van der Waals surface area contributed by atoms with Crippen LogP contribution in [-0.2, 0) is 19.6 Å². The zero-order valence-electron chi connectivity index (χ0n) is 18.7. The number of rotatable bonds is 7. The molecule has 0 bridgehead atoms. The molecule has 1 N–H and O–H groups in total. The first kappa shape index (κ1) is 21.6. The van der Waals surface area contributed by atoms with Gasteiger partial charge in [0.2, 0.25) is 0 Å². The summed E-state index contributed by atoms with van der Waals surface area (Å²) >= 11 is 0. The number of ether oxygens (including phenoxy) is 1. The highest BCUT2D eigenvalue weighted by Gasteiger charge is 2.17. The first-order chi connectivity index (χ1) is 15.3. The van der Waals surface area contributed by atoms with Gasteiger partial charge in [-0.15, -0.1) is 0 Å². The normalized spacial score (nSPS) is 11.6. The zero-order valence-corrected chi connectivity index (χ0v) is 18.7. The maximum atomic E-state index is 11.2. The van der Waals surface area contributed by atoms with Crippen molar-refractivity contribution < 1.29 is 14.6 Å². The van der Waals surface area contributed by atoms with Crippen LogP contribution < -0.4 is 4.74 Å². The highest BCUT2D eigenvalue weighted by atomic mass is 16.5. The predicted molar refractivity (Wildman–Crippen MR) is 126 cm³/mol. The van der Waals surface area contributed by atoms with Gasteiger partial charge in [-0.2, -0.15) is 0 Å². The van der Waals surface area contributed by atoms with Crippen LogP contribution in [0.1, 0.15) is 48.1 Å². The Bertz CT molecular complexity index is 1220. The van der Waals surface area contributed by atoms with Crippen molar-refractivity contribution in [3.63, 3.8) is 0 Å². The summed E-state index contributed by atoms with van der Waals surface area (Å²) < 4.78 is 8.30. The Labute approximate surface area is 188 Å². The van der Waals surface area contributed by atoms with Crippen molar-refractivity contribution in [3.8, 4) is 5.75 Å². The van der Waals surface area contributed by atoms with Crippen LogP contribution in [0.5, 0.6) is 5.75 Å². The number of carbonyl (C=O) groups is 1. The molecule has 5 nitrogen and oxygen atoms in total. The molecule has 0 amide bonds. The highest BCUT2D eigenvalue weighted by molar-refractivity contribution is 5.87. The smallest absolute Gasteiger partial charge is 0.335 e. The van der Waals surface area contributed by atoms with Crippen LogP contribution >= 0.6 is 0 Å². The third kappa shape index (κ3) is 5.17. The summed E-state index contributed by atoms with van der Waals surface area (Å²) in [5, 5.41) is 10.3. The van der Waals surface area contributed by atoms with Gasteiger partial charge in [0, 0.05) is 29.3 Å². The maximum absolute atomic E-state index is 11.2. The minimum Gasteiger partial charge on any atom is -0.487 e. The largest absolute Gasteiger partial charge is 0.487 e. The number of aromatic nitrogens is 2. The van der Waals surface area contributed by atoms with E-state index in [1.165, 1.54) is 5.69 Å². The minimum absolute atomic E-state index is 0.137. The van der Waals surface area contributed by atoms with E-state index in [9.17, 15) is 4.79 Å². The number of carboxylic acids is 1. The summed E-state index contributed by atoms with van der Waals surface area (Å²) in [4.78, 5) is 15.5. The summed E-state index contributed by atoms with van der Waals surface area (Å²) in [7, 11) is 0. The number of hydrogen-bond donors (Lipinski definition) is 1. The molecule has 2 aromatic heterocycles. The van der Waals surface area contributed by atoms with Gasteiger partial charge in [0.15, 0.2) is 0 Å². The molecular formula is C27H28N2O3. The van der Waals surface area contributed by atoms with E-state index in [-0.39, 0.29) is 5.41 Å². The molecule has 0 aliphatic rings. The first-order valence-corrected chi connectivity index (χ1v) is 10.8. The van der Waals surface area contributed by atoms with Gasteiger partial charge in [-0.05, 0) is 65.9 Å². The van der Waals surface area contributed by atoms with Crippen LogP contribution in [0.25, 0.3) is 10.9 Å². The van der Waals surface area contributed by atoms with Gasteiger partial charge in [-0.3, -0.25) is 4.98 Å². The van der Waals surface area contributed by atoms with Crippen molar-refractivity contribution >= 4 is 16.9 Å². The molecule has 0 atom stereocenters. The Morgan fingerprint density at radius 3 is 2.47 bits per heavy atom. The molecule has 0 spiro atoms. The molecule has 0 aliphatic heterocycles. The molecule has 0 saturated heterocycles.